The van der Waals surface area contributed by atoms with Gasteiger partial charge >= 0.3 is 5.69 Å². The summed E-state index contributed by atoms with van der Waals surface area (Å²) in [6.45, 7) is 6.75. The van der Waals surface area contributed by atoms with Gasteiger partial charge in [0, 0.05) is 29.8 Å². The van der Waals surface area contributed by atoms with Crippen LogP contribution in [0.2, 0.25) is 5.02 Å². The molecule has 0 bridgehead atoms. The van der Waals surface area contributed by atoms with Crippen LogP contribution < -0.4 is 10.6 Å². The number of aryl methyl sites for hydroxylation is 2. The number of nitrogens with zero attached hydrogens (tertiary/aromatic N) is 3. The maximum Gasteiger partial charge on any atom is 0.329 e. The highest BCUT2D eigenvalue weighted by molar-refractivity contribution is 6.31. The second kappa shape index (κ2) is 8.51. The van der Waals surface area contributed by atoms with Crippen LogP contribution in [0.3, 0.4) is 0 Å². The Hall–Kier alpha value is -2.98. The molecule has 1 fully saturated rings. The molecule has 1 aliphatic heterocycles. The van der Waals surface area contributed by atoms with Crippen molar-refractivity contribution in [3.8, 4) is 0 Å². The first-order valence-corrected chi connectivity index (χ1v) is 11.7. The summed E-state index contributed by atoms with van der Waals surface area (Å²) < 4.78 is 3.89. The Morgan fingerprint density at radius 3 is 2.16 bits per heavy atom. The van der Waals surface area contributed by atoms with Crippen LogP contribution in [-0.4, -0.2) is 22.2 Å². The third-order valence-electron chi connectivity index (χ3n) is 6.74. The van der Waals surface area contributed by atoms with Crippen LogP contribution in [0.5, 0.6) is 0 Å². The van der Waals surface area contributed by atoms with E-state index in [1.54, 1.807) is 0 Å². The van der Waals surface area contributed by atoms with E-state index < -0.39 is 0 Å². The monoisotopic (exact) mass is 445 g/mol. The van der Waals surface area contributed by atoms with Crippen molar-refractivity contribution in [2.75, 3.05) is 18.0 Å². The van der Waals surface area contributed by atoms with Crippen molar-refractivity contribution in [1.82, 2.24) is 9.13 Å². The average Bonchev–Trinajstić information content (AvgIpc) is 3.07. The summed E-state index contributed by atoms with van der Waals surface area (Å²) in [5, 5.41) is 0.693. The standard InChI is InChI=1S/C27H28ClN3O/c1-19-8-7-9-20(2)26(19)29-16-14-22(15-17-29)31-25-13-6-5-12-24(25)30(27(31)32)18-21-10-3-4-11-23(21)28/h3-13,22H,14-18H2,1-2H3. The molecule has 1 saturated heterocycles. The molecule has 0 radical (unpaired) electrons. The zero-order valence-electron chi connectivity index (χ0n) is 18.6. The number of anilines is 1. The van der Waals surface area contributed by atoms with E-state index in [9.17, 15) is 4.79 Å². The summed E-state index contributed by atoms with van der Waals surface area (Å²) in [6.07, 6.45) is 1.90. The molecule has 0 spiro atoms. The molecule has 4 aromatic rings. The minimum atomic E-state index is 0.0524. The number of benzene rings is 3. The van der Waals surface area contributed by atoms with Gasteiger partial charge in [-0.25, -0.2) is 4.79 Å². The van der Waals surface area contributed by atoms with Crippen molar-refractivity contribution < 1.29 is 0 Å². The Morgan fingerprint density at radius 2 is 1.47 bits per heavy atom. The zero-order chi connectivity index (χ0) is 22.2. The smallest absolute Gasteiger partial charge is 0.329 e. The number of rotatable bonds is 4. The summed E-state index contributed by atoms with van der Waals surface area (Å²) in [4.78, 5) is 16.1. The van der Waals surface area contributed by atoms with Gasteiger partial charge in [-0.3, -0.25) is 9.13 Å². The molecule has 5 heteroatoms. The predicted octanol–water partition coefficient (Wildman–Crippen LogP) is 5.96. The SMILES string of the molecule is Cc1cccc(C)c1N1CCC(n2c(=O)n(Cc3ccccc3Cl)c3ccccc32)CC1. The number of fused-ring (bicyclic) bond motifs is 1. The molecule has 0 saturated carbocycles. The molecular weight excluding hydrogens is 418 g/mol. The van der Waals surface area contributed by atoms with Crippen molar-refractivity contribution in [2.45, 2.75) is 39.3 Å². The maximum absolute atomic E-state index is 13.6. The van der Waals surface area contributed by atoms with Crippen LogP contribution in [0, 0.1) is 13.8 Å². The highest BCUT2D eigenvalue weighted by atomic mass is 35.5. The van der Waals surface area contributed by atoms with Gasteiger partial charge in [-0.2, -0.15) is 0 Å². The van der Waals surface area contributed by atoms with Gasteiger partial charge in [-0.15, -0.1) is 0 Å². The van der Waals surface area contributed by atoms with Gasteiger partial charge in [0.2, 0.25) is 0 Å². The van der Waals surface area contributed by atoms with Gasteiger partial charge in [-0.1, -0.05) is 60.1 Å². The van der Waals surface area contributed by atoms with E-state index in [1.807, 2.05) is 51.6 Å². The number of piperidine rings is 1. The van der Waals surface area contributed by atoms with Crippen LogP contribution in [-0.2, 0) is 6.54 Å². The lowest BCUT2D eigenvalue weighted by atomic mass is 10.0. The molecule has 32 heavy (non-hydrogen) atoms. The Bertz CT molecular complexity index is 1310. The molecule has 0 amide bonds. The summed E-state index contributed by atoms with van der Waals surface area (Å²) in [6, 6.07) is 22.6. The molecule has 0 aliphatic carbocycles. The second-order valence-corrected chi connectivity index (χ2v) is 9.18. The van der Waals surface area contributed by atoms with E-state index in [0.717, 1.165) is 42.5 Å². The van der Waals surface area contributed by atoms with Crippen molar-refractivity contribution in [2.24, 2.45) is 0 Å². The van der Waals surface area contributed by atoms with Gasteiger partial charge in [-0.05, 0) is 61.6 Å². The van der Waals surface area contributed by atoms with Crippen molar-refractivity contribution >= 4 is 28.3 Å². The fourth-order valence-corrected chi connectivity index (χ4v) is 5.38. The predicted molar refractivity (Wildman–Crippen MR) is 133 cm³/mol. The molecule has 2 heterocycles. The Labute approximate surface area is 193 Å². The number of hydrogen-bond acceptors (Lipinski definition) is 2. The van der Waals surface area contributed by atoms with Crippen molar-refractivity contribution in [3.63, 3.8) is 0 Å². The van der Waals surface area contributed by atoms with Gasteiger partial charge in [0.25, 0.3) is 0 Å². The molecule has 1 aliphatic rings. The quantitative estimate of drug-likeness (QED) is 0.387. The summed E-state index contributed by atoms with van der Waals surface area (Å²) >= 11 is 6.41. The Morgan fingerprint density at radius 1 is 0.844 bits per heavy atom. The first-order valence-electron chi connectivity index (χ1n) is 11.3. The lowest BCUT2D eigenvalue weighted by Crippen LogP contribution is -2.38. The highest BCUT2D eigenvalue weighted by Gasteiger charge is 2.26. The molecule has 5 rings (SSSR count). The number of hydrogen-bond donors (Lipinski definition) is 0. The van der Waals surface area contributed by atoms with Gasteiger partial charge in [0.1, 0.15) is 0 Å². The highest BCUT2D eigenvalue weighted by Crippen LogP contribution is 2.32. The first-order chi connectivity index (χ1) is 15.5. The van der Waals surface area contributed by atoms with Gasteiger partial charge < -0.3 is 4.90 Å². The molecule has 164 valence electrons. The normalized spacial score (nSPS) is 14.9. The van der Waals surface area contributed by atoms with Crippen LogP contribution >= 0.6 is 11.6 Å². The fraction of sp³-hybridized carbons (Fsp3) is 0.296. The third-order valence-corrected chi connectivity index (χ3v) is 7.11. The molecular formula is C27H28ClN3O. The van der Waals surface area contributed by atoms with Gasteiger partial charge in [0.05, 0.1) is 17.6 Å². The molecule has 1 aromatic heterocycles. The minimum absolute atomic E-state index is 0.0524. The number of para-hydroxylation sites is 3. The van der Waals surface area contributed by atoms with Crippen LogP contribution in [0.1, 0.15) is 35.6 Å². The van der Waals surface area contributed by atoms with Crippen LogP contribution in [0.25, 0.3) is 11.0 Å². The zero-order valence-corrected chi connectivity index (χ0v) is 19.3. The van der Waals surface area contributed by atoms with E-state index in [-0.39, 0.29) is 11.7 Å². The largest absolute Gasteiger partial charge is 0.371 e. The van der Waals surface area contributed by atoms with Crippen LogP contribution in [0.4, 0.5) is 5.69 Å². The second-order valence-electron chi connectivity index (χ2n) is 8.78. The van der Waals surface area contributed by atoms with Crippen LogP contribution in [0.15, 0.2) is 71.5 Å². The fourth-order valence-electron chi connectivity index (χ4n) is 5.19. The van der Waals surface area contributed by atoms with Gasteiger partial charge in [0.15, 0.2) is 0 Å². The lowest BCUT2D eigenvalue weighted by Gasteiger charge is -2.35. The molecule has 0 N–H and O–H groups in total. The minimum Gasteiger partial charge on any atom is -0.371 e. The summed E-state index contributed by atoms with van der Waals surface area (Å²) in [7, 11) is 0. The van der Waals surface area contributed by atoms with E-state index >= 15 is 0 Å². The number of halogens is 1. The van der Waals surface area contributed by atoms with E-state index in [4.69, 9.17) is 11.6 Å². The van der Waals surface area contributed by atoms with Crippen molar-refractivity contribution in [3.05, 3.63) is 98.9 Å². The van der Waals surface area contributed by atoms with Crippen molar-refractivity contribution in [1.29, 1.82) is 0 Å². The van der Waals surface area contributed by atoms with E-state index in [0.29, 0.717) is 11.6 Å². The first kappa shape index (κ1) is 20.9. The topological polar surface area (TPSA) is 30.2 Å². The molecule has 0 atom stereocenters. The summed E-state index contributed by atoms with van der Waals surface area (Å²) in [5.41, 5.74) is 6.97. The maximum atomic E-state index is 13.6. The average molecular weight is 446 g/mol. The number of aromatic nitrogens is 2. The molecule has 3 aromatic carbocycles. The van der Waals surface area contributed by atoms with E-state index in [1.165, 1.54) is 16.8 Å². The number of imidazole rings is 1. The lowest BCUT2D eigenvalue weighted by molar-refractivity contribution is 0.392. The molecule has 0 unspecified atom stereocenters. The summed E-state index contributed by atoms with van der Waals surface area (Å²) in [5.74, 6) is 0. The Kier molecular flexibility index (Phi) is 5.56. The third kappa shape index (κ3) is 3.63. The van der Waals surface area contributed by atoms with E-state index in [2.05, 4.69) is 43.0 Å². The molecule has 4 nitrogen and oxygen atoms in total. The Balaban J connectivity index is 1.47.